The van der Waals surface area contributed by atoms with E-state index in [1.54, 1.807) is 24.4 Å². The van der Waals surface area contributed by atoms with Crippen LogP contribution in [0.4, 0.5) is 5.69 Å². The second-order valence-electron chi connectivity index (χ2n) is 7.99. The number of methoxy groups -OCH3 is 2. The number of anilines is 1. The monoisotopic (exact) mass is 495 g/mol. The summed E-state index contributed by atoms with van der Waals surface area (Å²) in [5, 5.41) is 1.60. The lowest BCUT2D eigenvalue weighted by Gasteiger charge is -2.26. The standard InChI is InChI=1S/C23H29NO7S2/c1-7-31-20(25)11-8-16-14-17(23(2,3)4)9-10-19(16)33(27,28)24(15-29-5)18-12-13-32-21(18)22(26)30-6/h8-14H,7,15H2,1-6H3. The number of benzene rings is 1. The van der Waals surface area contributed by atoms with Gasteiger partial charge in [-0.25, -0.2) is 22.3 Å². The Morgan fingerprint density at radius 3 is 2.42 bits per heavy atom. The fraction of sp³-hybridized carbons (Fsp3) is 0.391. The molecule has 0 radical (unpaired) electrons. The van der Waals surface area contributed by atoms with Crippen LogP contribution < -0.4 is 4.31 Å². The van der Waals surface area contributed by atoms with Gasteiger partial charge in [-0.2, -0.15) is 0 Å². The Bertz CT molecular complexity index is 1130. The van der Waals surface area contributed by atoms with Crippen molar-refractivity contribution in [3.05, 3.63) is 51.7 Å². The van der Waals surface area contributed by atoms with Crippen LogP contribution in [0.1, 0.15) is 48.5 Å². The van der Waals surface area contributed by atoms with Crippen molar-refractivity contribution in [2.45, 2.75) is 38.0 Å². The number of ether oxygens (including phenoxy) is 3. The Balaban J connectivity index is 2.69. The van der Waals surface area contributed by atoms with Crippen molar-refractivity contribution in [3.8, 4) is 0 Å². The summed E-state index contributed by atoms with van der Waals surface area (Å²) in [6.45, 7) is 7.56. The van der Waals surface area contributed by atoms with Gasteiger partial charge in [-0.15, -0.1) is 11.3 Å². The second kappa shape index (κ2) is 11.0. The Hall–Kier alpha value is -2.69. The Morgan fingerprint density at radius 2 is 1.85 bits per heavy atom. The Labute approximate surface area is 198 Å². The van der Waals surface area contributed by atoms with Gasteiger partial charge in [0, 0.05) is 13.2 Å². The van der Waals surface area contributed by atoms with Crippen molar-refractivity contribution in [2.24, 2.45) is 0 Å². The van der Waals surface area contributed by atoms with E-state index in [0.717, 1.165) is 21.2 Å². The molecule has 0 amide bonds. The van der Waals surface area contributed by atoms with Gasteiger partial charge in [0.2, 0.25) is 0 Å². The maximum atomic E-state index is 13.8. The van der Waals surface area contributed by atoms with E-state index >= 15 is 0 Å². The summed E-state index contributed by atoms with van der Waals surface area (Å²) in [4.78, 5) is 24.2. The van der Waals surface area contributed by atoms with Gasteiger partial charge in [0.15, 0.2) is 0 Å². The Morgan fingerprint density at radius 1 is 1.15 bits per heavy atom. The molecule has 0 unspecified atom stereocenters. The number of rotatable bonds is 9. The van der Waals surface area contributed by atoms with Crippen molar-refractivity contribution in [1.82, 2.24) is 0 Å². The first kappa shape index (κ1) is 26.6. The molecule has 0 bridgehead atoms. The maximum Gasteiger partial charge on any atom is 0.350 e. The largest absolute Gasteiger partial charge is 0.465 e. The lowest BCUT2D eigenvalue weighted by atomic mass is 9.86. The van der Waals surface area contributed by atoms with Crippen LogP contribution in [0.3, 0.4) is 0 Å². The van der Waals surface area contributed by atoms with Gasteiger partial charge in [-0.05, 0) is 53.1 Å². The van der Waals surface area contributed by atoms with Crippen LogP contribution in [-0.4, -0.2) is 47.9 Å². The van der Waals surface area contributed by atoms with E-state index < -0.39 is 22.0 Å². The number of hydrogen-bond acceptors (Lipinski definition) is 8. The topological polar surface area (TPSA) is 99.2 Å². The molecule has 0 aliphatic carbocycles. The summed E-state index contributed by atoms with van der Waals surface area (Å²) in [6, 6.07) is 6.47. The molecule has 33 heavy (non-hydrogen) atoms. The molecule has 8 nitrogen and oxygen atoms in total. The van der Waals surface area contributed by atoms with Gasteiger partial charge < -0.3 is 14.2 Å². The van der Waals surface area contributed by atoms with Crippen molar-refractivity contribution in [1.29, 1.82) is 0 Å². The predicted octanol–water partition coefficient (Wildman–Crippen LogP) is 4.21. The lowest BCUT2D eigenvalue weighted by molar-refractivity contribution is -0.137. The lowest BCUT2D eigenvalue weighted by Crippen LogP contribution is -2.34. The van der Waals surface area contributed by atoms with Crippen LogP contribution in [0.15, 0.2) is 40.6 Å². The Kier molecular flexibility index (Phi) is 8.82. The molecule has 0 N–H and O–H groups in total. The van der Waals surface area contributed by atoms with Crippen LogP contribution in [0.2, 0.25) is 0 Å². The minimum atomic E-state index is -4.20. The molecule has 0 saturated carbocycles. The van der Waals surface area contributed by atoms with Crippen LogP contribution >= 0.6 is 11.3 Å². The van der Waals surface area contributed by atoms with Gasteiger partial charge in [0.05, 0.1) is 24.3 Å². The van der Waals surface area contributed by atoms with Crippen LogP contribution in [-0.2, 0) is 34.4 Å². The van der Waals surface area contributed by atoms with E-state index in [2.05, 4.69) is 0 Å². The molecule has 2 rings (SSSR count). The predicted molar refractivity (Wildman–Crippen MR) is 128 cm³/mol. The first-order valence-electron chi connectivity index (χ1n) is 10.1. The molecule has 0 aliphatic heterocycles. The number of nitrogens with zero attached hydrogens (tertiary/aromatic N) is 1. The molecular weight excluding hydrogens is 466 g/mol. The van der Waals surface area contributed by atoms with Crippen molar-refractivity contribution >= 4 is 45.1 Å². The quantitative estimate of drug-likeness (QED) is 0.292. The molecule has 180 valence electrons. The number of thiophene rings is 1. The van der Waals surface area contributed by atoms with E-state index in [1.807, 2.05) is 20.8 Å². The summed E-state index contributed by atoms with van der Waals surface area (Å²) in [6.07, 6.45) is 2.61. The molecule has 0 spiro atoms. The molecule has 0 fully saturated rings. The highest BCUT2D eigenvalue weighted by atomic mass is 32.2. The number of hydrogen-bond donors (Lipinski definition) is 0. The van der Waals surface area contributed by atoms with E-state index in [0.29, 0.717) is 5.56 Å². The van der Waals surface area contributed by atoms with Gasteiger partial charge in [0.25, 0.3) is 10.0 Å². The molecular formula is C23H29NO7S2. The summed E-state index contributed by atoms with van der Waals surface area (Å²) in [7, 11) is -1.61. The molecule has 2 aromatic rings. The third kappa shape index (κ3) is 6.21. The summed E-state index contributed by atoms with van der Waals surface area (Å²) in [5.41, 5.74) is 1.08. The summed E-state index contributed by atoms with van der Waals surface area (Å²) < 4.78 is 43.5. The number of sulfonamides is 1. The van der Waals surface area contributed by atoms with Crippen molar-refractivity contribution in [2.75, 3.05) is 31.9 Å². The van der Waals surface area contributed by atoms with Crippen LogP contribution in [0, 0.1) is 0 Å². The van der Waals surface area contributed by atoms with E-state index in [1.165, 1.54) is 38.5 Å². The van der Waals surface area contributed by atoms with Gasteiger partial charge >= 0.3 is 11.9 Å². The number of carbonyl (C=O) groups is 2. The van der Waals surface area contributed by atoms with Crippen LogP contribution in [0.5, 0.6) is 0 Å². The molecule has 10 heteroatoms. The fourth-order valence-electron chi connectivity index (χ4n) is 2.98. The third-order valence-corrected chi connectivity index (χ3v) is 7.35. The minimum absolute atomic E-state index is 0.0462. The molecule has 0 saturated heterocycles. The third-order valence-electron chi connectivity index (χ3n) is 4.66. The average Bonchev–Trinajstić information content (AvgIpc) is 3.24. The SMILES string of the molecule is CCOC(=O)C=Cc1cc(C(C)(C)C)ccc1S(=O)(=O)N(COC)c1ccsc1C(=O)OC. The minimum Gasteiger partial charge on any atom is -0.465 e. The highest BCUT2D eigenvalue weighted by Crippen LogP contribution is 2.34. The zero-order valence-corrected chi connectivity index (χ0v) is 21.2. The smallest absolute Gasteiger partial charge is 0.350 e. The van der Waals surface area contributed by atoms with Crippen molar-refractivity contribution in [3.63, 3.8) is 0 Å². The normalized spacial score (nSPS) is 12.1. The summed E-state index contributed by atoms with van der Waals surface area (Å²) in [5.74, 6) is -1.23. The maximum absolute atomic E-state index is 13.8. The van der Waals surface area contributed by atoms with Gasteiger partial charge in [-0.1, -0.05) is 26.8 Å². The van der Waals surface area contributed by atoms with E-state index in [-0.39, 0.29) is 34.2 Å². The first-order valence-corrected chi connectivity index (χ1v) is 12.5. The molecule has 1 aromatic heterocycles. The molecule has 1 aromatic carbocycles. The summed E-state index contributed by atoms with van der Waals surface area (Å²) >= 11 is 1.07. The zero-order chi connectivity index (χ0) is 24.8. The highest BCUT2D eigenvalue weighted by Gasteiger charge is 2.32. The van der Waals surface area contributed by atoms with Crippen molar-refractivity contribution < 1.29 is 32.2 Å². The fourth-order valence-corrected chi connectivity index (χ4v) is 5.40. The van der Waals surface area contributed by atoms with E-state index in [4.69, 9.17) is 14.2 Å². The molecule has 0 atom stereocenters. The van der Waals surface area contributed by atoms with Gasteiger partial charge in [0.1, 0.15) is 11.6 Å². The first-order chi connectivity index (χ1) is 15.5. The van der Waals surface area contributed by atoms with Crippen LogP contribution in [0.25, 0.3) is 6.08 Å². The number of esters is 2. The van der Waals surface area contributed by atoms with E-state index in [9.17, 15) is 18.0 Å². The highest BCUT2D eigenvalue weighted by molar-refractivity contribution is 7.93. The molecule has 0 aliphatic rings. The van der Waals surface area contributed by atoms with Gasteiger partial charge in [-0.3, -0.25) is 0 Å². The second-order valence-corrected chi connectivity index (χ2v) is 10.7. The number of carbonyl (C=O) groups excluding carboxylic acids is 2. The average molecular weight is 496 g/mol. The molecule has 1 heterocycles. The zero-order valence-electron chi connectivity index (χ0n) is 19.6.